The second kappa shape index (κ2) is 5.34. The summed E-state index contributed by atoms with van der Waals surface area (Å²) in [5, 5.41) is 9.51. The van der Waals surface area contributed by atoms with E-state index in [1.165, 1.54) is 18.5 Å². The van der Waals surface area contributed by atoms with Gasteiger partial charge in [0.2, 0.25) is 10.0 Å². The summed E-state index contributed by atoms with van der Waals surface area (Å²) in [6.45, 7) is -0.160. The van der Waals surface area contributed by atoms with E-state index in [4.69, 9.17) is 0 Å². The van der Waals surface area contributed by atoms with Gasteiger partial charge in [0.15, 0.2) is 0 Å². The molecule has 2 N–H and O–H groups in total. The molecular weight excluding hydrogens is 252 g/mol. The summed E-state index contributed by atoms with van der Waals surface area (Å²) >= 11 is 0. The van der Waals surface area contributed by atoms with Crippen molar-refractivity contribution in [1.29, 1.82) is 0 Å². The SMILES string of the molecule is O=S(=O)(NC1(CO)CCCCC1)c1cccnc1. The summed E-state index contributed by atoms with van der Waals surface area (Å²) in [4.78, 5) is 3.95. The lowest BCUT2D eigenvalue weighted by Gasteiger charge is -2.35. The number of hydrogen-bond acceptors (Lipinski definition) is 4. The number of aliphatic hydroxyl groups is 1. The van der Waals surface area contributed by atoms with Gasteiger partial charge in [-0.15, -0.1) is 0 Å². The molecule has 0 atom stereocenters. The summed E-state index contributed by atoms with van der Waals surface area (Å²) in [6, 6.07) is 3.09. The quantitative estimate of drug-likeness (QED) is 0.857. The standard InChI is InChI=1S/C12H18N2O3S/c15-10-12(6-2-1-3-7-12)14-18(16,17)11-5-4-8-13-9-11/h4-5,8-9,14-15H,1-3,6-7,10H2. The van der Waals surface area contributed by atoms with Crippen LogP contribution in [0.5, 0.6) is 0 Å². The first-order valence-electron chi connectivity index (χ1n) is 6.13. The number of aromatic nitrogens is 1. The Morgan fingerprint density at radius 2 is 2.06 bits per heavy atom. The molecule has 0 radical (unpaired) electrons. The molecular formula is C12H18N2O3S. The predicted molar refractivity (Wildman–Crippen MR) is 67.5 cm³/mol. The van der Waals surface area contributed by atoms with Gasteiger partial charge in [-0.25, -0.2) is 13.1 Å². The Balaban J connectivity index is 2.21. The number of rotatable bonds is 4. The van der Waals surface area contributed by atoms with E-state index in [1.807, 2.05) is 0 Å². The predicted octanol–water partition coefficient (Wildman–Crippen LogP) is 1.06. The van der Waals surface area contributed by atoms with E-state index in [2.05, 4.69) is 9.71 Å². The number of pyridine rings is 1. The molecule has 0 aliphatic heterocycles. The molecule has 1 fully saturated rings. The van der Waals surface area contributed by atoms with Gasteiger partial charge in [-0.3, -0.25) is 4.98 Å². The van der Waals surface area contributed by atoms with Gasteiger partial charge in [0.1, 0.15) is 4.90 Å². The first-order valence-corrected chi connectivity index (χ1v) is 7.61. The minimum Gasteiger partial charge on any atom is -0.394 e. The van der Waals surface area contributed by atoms with Crippen molar-refractivity contribution in [3.05, 3.63) is 24.5 Å². The molecule has 0 spiro atoms. The Labute approximate surface area is 107 Å². The summed E-state index contributed by atoms with van der Waals surface area (Å²) in [5.41, 5.74) is -0.701. The summed E-state index contributed by atoms with van der Waals surface area (Å²) in [6.07, 6.45) is 7.19. The molecule has 0 bridgehead atoms. The minimum absolute atomic E-state index is 0.142. The van der Waals surface area contributed by atoms with Crippen LogP contribution in [0.15, 0.2) is 29.4 Å². The molecule has 0 saturated heterocycles. The van der Waals surface area contributed by atoms with Crippen molar-refractivity contribution in [2.45, 2.75) is 42.5 Å². The fourth-order valence-corrected chi connectivity index (χ4v) is 3.78. The van der Waals surface area contributed by atoms with E-state index in [0.29, 0.717) is 12.8 Å². The van der Waals surface area contributed by atoms with Crippen molar-refractivity contribution < 1.29 is 13.5 Å². The highest BCUT2D eigenvalue weighted by atomic mass is 32.2. The van der Waals surface area contributed by atoms with Crippen LogP contribution in [0.1, 0.15) is 32.1 Å². The van der Waals surface area contributed by atoms with E-state index < -0.39 is 15.6 Å². The van der Waals surface area contributed by atoms with Gasteiger partial charge in [0.25, 0.3) is 0 Å². The van der Waals surface area contributed by atoms with Crippen molar-refractivity contribution in [1.82, 2.24) is 9.71 Å². The van der Waals surface area contributed by atoms with Crippen LogP contribution >= 0.6 is 0 Å². The lowest BCUT2D eigenvalue weighted by molar-refractivity contribution is 0.142. The lowest BCUT2D eigenvalue weighted by Crippen LogP contribution is -2.52. The molecule has 1 aromatic rings. The Morgan fingerprint density at radius 1 is 1.33 bits per heavy atom. The minimum atomic E-state index is -3.60. The van der Waals surface area contributed by atoms with Crippen molar-refractivity contribution in [3.8, 4) is 0 Å². The molecule has 18 heavy (non-hydrogen) atoms. The second-order valence-electron chi connectivity index (χ2n) is 4.79. The topological polar surface area (TPSA) is 79.3 Å². The first-order chi connectivity index (χ1) is 8.58. The van der Waals surface area contributed by atoms with E-state index in [0.717, 1.165) is 19.3 Å². The van der Waals surface area contributed by atoms with Crippen LogP contribution in [0.3, 0.4) is 0 Å². The van der Waals surface area contributed by atoms with Crippen molar-refractivity contribution in [3.63, 3.8) is 0 Å². The second-order valence-corrected chi connectivity index (χ2v) is 6.48. The fourth-order valence-electron chi connectivity index (χ4n) is 2.37. The van der Waals surface area contributed by atoms with E-state index in [-0.39, 0.29) is 11.5 Å². The number of hydrogen-bond donors (Lipinski definition) is 2. The van der Waals surface area contributed by atoms with Crippen LogP contribution in [0.2, 0.25) is 0 Å². The van der Waals surface area contributed by atoms with E-state index >= 15 is 0 Å². The van der Waals surface area contributed by atoms with E-state index in [1.54, 1.807) is 6.07 Å². The zero-order valence-corrected chi connectivity index (χ0v) is 11.0. The van der Waals surface area contributed by atoms with Gasteiger partial charge in [-0.1, -0.05) is 19.3 Å². The van der Waals surface area contributed by atoms with Gasteiger partial charge >= 0.3 is 0 Å². The molecule has 5 nitrogen and oxygen atoms in total. The van der Waals surface area contributed by atoms with E-state index in [9.17, 15) is 13.5 Å². The van der Waals surface area contributed by atoms with Crippen LogP contribution in [-0.4, -0.2) is 30.7 Å². The third-order valence-electron chi connectivity index (χ3n) is 3.41. The van der Waals surface area contributed by atoms with Crippen LogP contribution in [0, 0.1) is 0 Å². The number of sulfonamides is 1. The van der Waals surface area contributed by atoms with Crippen LogP contribution < -0.4 is 4.72 Å². The maximum absolute atomic E-state index is 12.2. The lowest BCUT2D eigenvalue weighted by atomic mass is 9.83. The number of nitrogens with zero attached hydrogens (tertiary/aromatic N) is 1. The molecule has 6 heteroatoms. The molecule has 1 aliphatic carbocycles. The van der Waals surface area contributed by atoms with Gasteiger partial charge in [0, 0.05) is 12.4 Å². The molecule has 0 amide bonds. The molecule has 100 valence electrons. The Bertz CT molecular complexity index is 481. The third kappa shape index (κ3) is 2.88. The maximum Gasteiger partial charge on any atom is 0.242 e. The van der Waals surface area contributed by atoms with Crippen LogP contribution in [0.25, 0.3) is 0 Å². The average Bonchev–Trinajstić information content (AvgIpc) is 2.40. The molecule has 0 unspecified atom stereocenters. The fraction of sp³-hybridized carbons (Fsp3) is 0.583. The molecule has 1 aliphatic rings. The highest BCUT2D eigenvalue weighted by molar-refractivity contribution is 7.89. The average molecular weight is 270 g/mol. The molecule has 0 aromatic carbocycles. The van der Waals surface area contributed by atoms with Crippen molar-refractivity contribution in [2.24, 2.45) is 0 Å². The summed E-state index contributed by atoms with van der Waals surface area (Å²) in [7, 11) is -3.60. The number of aliphatic hydroxyl groups excluding tert-OH is 1. The first kappa shape index (κ1) is 13.5. The molecule has 1 saturated carbocycles. The molecule has 2 rings (SSSR count). The largest absolute Gasteiger partial charge is 0.394 e. The highest BCUT2D eigenvalue weighted by Crippen LogP contribution is 2.29. The molecule has 1 aromatic heterocycles. The summed E-state index contributed by atoms with van der Waals surface area (Å²) < 4.78 is 27.1. The zero-order valence-electron chi connectivity index (χ0n) is 10.2. The monoisotopic (exact) mass is 270 g/mol. The van der Waals surface area contributed by atoms with Crippen molar-refractivity contribution >= 4 is 10.0 Å². The van der Waals surface area contributed by atoms with Gasteiger partial charge in [-0.2, -0.15) is 0 Å². The van der Waals surface area contributed by atoms with Crippen LogP contribution in [-0.2, 0) is 10.0 Å². The Hall–Kier alpha value is -0.980. The maximum atomic E-state index is 12.2. The zero-order chi connectivity index (χ0) is 13.1. The normalized spacial score (nSPS) is 19.6. The Kier molecular flexibility index (Phi) is 3.99. The third-order valence-corrected chi connectivity index (χ3v) is 4.97. The van der Waals surface area contributed by atoms with Gasteiger partial charge < -0.3 is 5.11 Å². The smallest absolute Gasteiger partial charge is 0.242 e. The Morgan fingerprint density at radius 3 is 2.61 bits per heavy atom. The van der Waals surface area contributed by atoms with Gasteiger partial charge in [0.05, 0.1) is 12.1 Å². The van der Waals surface area contributed by atoms with Gasteiger partial charge in [-0.05, 0) is 25.0 Å². The number of nitrogens with one attached hydrogen (secondary N) is 1. The molecule has 1 heterocycles. The van der Waals surface area contributed by atoms with Crippen molar-refractivity contribution in [2.75, 3.05) is 6.61 Å². The highest BCUT2D eigenvalue weighted by Gasteiger charge is 2.35. The summed E-state index contributed by atoms with van der Waals surface area (Å²) in [5.74, 6) is 0. The van der Waals surface area contributed by atoms with Crippen LogP contribution in [0.4, 0.5) is 0 Å².